The number of ketones is 1. The van der Waals surface area contributed by atoms with E-state index in [0.717, 1.165) is 25.7 Å². The molecule has 0 amide bonds. The lowest BCUT2D eigenvalue weighted by atomic mass is 9.88. The average Bonchev–Trinajstić information content (AvgIpc) is 3.08. The number of aliphatic carboxylic acids is 1. The highest BCUT2D eigenvalue weighted by Crippen LogP contribution is 2.33. The molecule has 1 saturated carbocycles. The molecule has 1 unspecified atom stereocenters. The molecule has 0 bridgehead atoms. The van der Waals surface area contributed by atoms with E-state index in [1.54, 1.807) is 0 Å². The number of nitrogens with one attached hydrogen (secondary N) is 1. The van der Waals surface area contributed by atoms with Crippen molar-refractivity contribution in [3.63, 3.8) is 0 Å². The topological polar surface area (TPSA) is 66.4 Å². The van der Waals surface area contributed by atoms with Crippen LogP contribution in [0, 0.1) is 11.8 Å². The zero-order valence-electron chi connectivity index (χ0n) is 14.7. The van der Waals surface area contributed by atoms with Gasteiger partial charge in [0.1, 0.15) is 0 Å². The predicted molar refractivity (Wildman–Crippen MR) is 94.9 cm³/mol. The number of hydrogen-bond donors (Lipinski definition) is 2. The summed E-state index contributed by atoms with van der Waals surface area (Å²) in [7, 11) is 0. The number of carbonyl (C=O) groups excluding carboxylic acids is 1. The van der Waals surface area contributed by atoms with Gasteiger partial charge in [-0.3, -0.25) is 9.59 Å². The molecule has 0 radical (unpaired) electrons. The Morgan fingerprint density at radius 2 is 1.88 bits per heavy atom. The van der Waals surface area contributed by atoms with Gasteiger partial charge in [0, 0.05) is 12.0 Å². The molecule has 4 heteroatoms. The van der Waals surface area contributed by atoms with E-state index in [2.05, 4.69) is 24.4 Å². The predicted octanol–water partition coefficient (Wildman–Crippen LogP) is 3.45. The molecule has 132 valence electrons. The first-order valence-electron chi connectivity index (χ1n) is 9.09. The van der Waals surface area contributed by atoms with Gasteiger partial charge in [0.15, 0.2) is 5.78 Å². The summed E-state index contributed by atoms with van der Waals surface area (Å²) in [6.45, 7) is 4.00. The van der Waals surface area contributed by atoms with E-state index in [9.17, 15) is 14.7 Å². The number of aryl methyl sites for hydroxylation is 1. The first-order valence-corrected chi connectivity index (χ1v) is 9.09. The first kappa shape index (κ1) is 18.7. The molecule has 2 N–H and O–H groups in total. The second-order valence-corrected chi connectivity index (χ2v) is 6.90. The Morgan fingerprint density at radius 1 is 1.21 bits per heavy atom. The quantitative estimate of drug-likeness (QED) is 0.727. The summed E-state index contributed by atoms with van der Waals surface area (Å²) in [4.78, 5) is 24.0. The van der Waals surface area contributed by atoms with Crippen molar-refractivity contribution in [3.8, 4) is 0 Å². The molecule has 0 aromatic heterocycles. The Morgan fingerprint density at radius 3 is 2.50 bits per heavy atom. The first-order chi connectivity index (χ1) is 11.5. The highest BCUT2D eigenvalue weighted by molar-refractivity contribution is 5.90. The fraction of sp³-hybridized carbons (Fsp3) is 0.600. The minimum absolute atomic E-state index is 0.0676. The molecular formula is C20H29NO3. The number of benzene rings is 1. The van der Waals surface area contributed by atoms with Gasteiger partial charge in [0.2, 0.25) is 0 Å². The SMILES string of the molecule is CC[C@H](CCc1ccccc1)N[C@@H](C)C(=O)C1CCC[C@H]1C(=O)O. The fourth-order valence-electron chi connectivity index (χ4n) is 3.74. The Bertz CT molecular complexity index is 543. The van der Waals surface area contributed by atoms with Gasteiger partial charge in [-0.05, 0) is 44.6 Å². The molecule has 0 spiro atoms. The van der Waals surface area contributed by atoms with Crippen molar-refractivity contribution in [2.45, 2.75) is 64.5 Å². The van der Waals surface area contributed by atoms with E-state index in [0.29, 0.717) is 12.8 Å². The molecule has 24 heavy (non-hydrogen) atoms. The zero-order chi connectivity index (χ0) is 17.5. The number of rotatable bonds is 9. The summed E-state index contributed by atoms with van der Waals surface area (Å²) in [6.07, 6.45) is 5.09. The lowest BCUT2D eigenvalue weighted by Crippen LogP contribution is -2.45. The van der Waals surface area contributed by atoms with Crippen LogP contribution < -0.4 is 5.32 Å². The molecule has 0 aliphatic heterocycles. The Hall–Kier alpha value is -1.68. The molecule has 1 fully saturated rings. The van der Waals surface area contributed by atoms with E-state index in [1.807, 2.05) is 25.1 Å². The van der Waals surface area contributed by atoms with Crippen LogP contribution in [-0.2, 0) is 16.0 Å². The van der Waals surface area contributed by atoms with Crippen molar-refractivity contribution in [2.24, 2.45) is 11.8 Å². The third kappa shape index (κ3) is 4.91. The van der Waals surface area contributed by atoms with Crippen LogP contribution in [0.15, 0.2) is 30.3 Å². The molecule has 0 heterocycles. The van der Waals surface area contributed by atoms with Crippen LogP contribution in [0.25, 0.3) is 0 Å². The van der Waals surface area contributed by atoms with Gasteiger partial charge >= 0.3 is 5.97 Å². The minimum Gasteiger partial charge on any atom is -0.481 e. The lowest BCUT2D eigenvalue weighted by Gasteiger charge is -2.25. The molecule has 1 aliphatic carbocycles. The summed E-state index contributed by atoms with van der Waals surface area (Å²) in [5.74, 6) is -1.57. The summed E-state index contributed by atoms with van der Waals surface area (Å²) < 4.78 is 0. The van der Waals surface area contributed by atoms with Crippen LogP contribution >= 0.6 is 0 Å². The van der Waals surface area contributed by atoms with Crippen molar-refractivity contribution in [2.75, 3.05) is 0 Å². The molecule has 1 aromatic carbocycles. The second kappa shape index (κ2) is 8.97. The number of carbonyl (C=O) groups is 2. The molecule has 4 nitrogen and oxygen atoms in total. The lowest BCUT2D eigenvalue weighted by molar-refractivity contribution is -0.146. The summed E-state index contributed by atoms with van der Waals surface area (Å²) in [5.41, 5.74) is 1.30. The third-order valence-corrected chi connectivity index (χ3v) is 5.23. The summed E-state index contributed by atoms with van der Waals surface area (Å²) >= 11 is 0. The van der Waals surface area contributed by atoms with E-state index >= 15 is 0 Å². The standard InChI is InChI=1S/C20H29NO3/c1-3-16(13-12-15-8-5-4-6-9-15)21-14(2)19(22)17-10-7-11-18(17)20(23)24/h4-6,8-9,14,16-18,21H,3,7,10-13H2,1-2H3,(H,23,24)/t14-,16+,17?,18+/m0/s1. The number of carboxylic acid groups (broad SMARTS) is 1. The van der Waals surface area contributed by atoms with Crippen molar-refractivity contribution in [3.05, 3.63) is 35.9 Å². The molecule has 1 aromatic rings. The van der Waals surface area contributed by atoms with Gasteiger partial charge in [-0.2, -0.15) is 0 Å². The Kier molecular flexibility index (Phi) is 6.98. The smallest absolute Gasteiger partial charge is 0.307 e. The third-order valence-electron chi connectivity index (χ3n) is 5.23. The molecular weight excluding hydrogens is 302 g/mol. The average molecular weight is 331 g/mol. The van der Waals surface area contributed by atoms with Crippen LogP contribution in [-0.4, -0.2) is 28.9 Å². The normalized spacial score (nSPS) is 22.9. The molecule has 2 rings (SSSR count). The highest BCUT2D eigenvalue weighted by Gasteiger charge is 2.39. The summed E-state index contributed by atoms with van der Waals surface area (Å²) in [5, 5.41) is 12.7. The van der Waals surface area contributed by atoms with Gasteiger partial charge in [-0.15, -0.1) is 0 Å². The van der Waals surface area contributed by atoms with Crippen molar-refractivity contribution < 1.29 is 14.7 Å². The number of Topliss-reactive ketones (excluding diaryl/α,β-unsaturated/α-hetero) is 1. The zero-order valence-corrected chi connectivity index (χ0v) is 14.7. The summed E-state index contributed by atoms with van der Waals surface area (Å²) in [6, 6.07) is 10.3. The molecule has 4 atom stereocenters. The van der Waals surface area contributed by atoms with Crippen molar-refractivity contribution in [1.82, 2.24) is 5.32 Å². The van der Waals surface area contributed by atoms with Gasteiger partial charge in [0.05, 0.1) is 12.0 Å². The number of hydrogen-bond acceptors (Lipinski definition) is 3. The minimum atomic E-state index is -0.825. The van der Waals surface area contributed by atoms with Crippen LogP contribution in [0.4, 0.5) is 0 Å². The largest absolute Gasteiger partial charge is 0.481 e. The van der Waals surface area contributed by atoms with Gasteiger partial charge in [0.25, 0.3) is 0 Å². The Labute approximate surface area is 144 Å². The highest BCUT2D eigenvalue weighted by atomic mass is 16.4. The maximum atomic E-state index is 12.7. The van der Waals surface area contributed by atoms with Crippen LogP contribution in [0.2, 0.25) is 0 Å². The Balaban J connectivity index is 1.87. The van der Waals surface area contributed by atoms with Gasteiger partial charge < -0.3 is 10.4 Å². The van der Waals surface area contributed by atoms with Crippen LogP contribution in [0.1, 0.15) is 51.5 Å². The second-order valence-electron chi connectivity index (χ2n) is 6.90. The van der Waals surface area contributed by atoms with Gasteiger partial charge in [-0.25, -0.2) is 0 Å². The maximum absolute atomic E-state index is 12.7. The van der Waals surface area contributed by atoms with Crippen LogP contribution in [0.3, 0.4) is 0 Å². The monoisotopic (exact) mass is 331 g/mol. The van der Waals surface area contributed by atoms with Crippen molar-refractivity contribution in [1.29, 1.82) is 0 Å². The number of carboxylic acids is 1. The van der Waals surface area contributed by atoms with E-state index in [-0.39, 0.29) is 23.8 Å². The molecule has 1 aliphatic rings. The maximum Gasteiger partial charge on any atom is 0.307 e. The van der Waals surface area contributed by atoms with E-state index in [1.165, 1.54) is 5.56 Å². The van der Waals surface area contributed by atoms with E-state index in [4.69, 9.17) is 0 Å². The fourth-order valence-corrected chi connectivity index (χ4v) is 3.74. The van der Waals surface area contributed by atoms with Gasteiger partial charge in [-0.1, -0.05) is 43.7 Å². The molecule has 0 saturated heterocycles. The van der Waals surface area contributed by atoms with Crippen LogP contribution in [0.5, 0.6) is 0 Å². The van der Waals surface area contributed by atoms with Crippen molar-refractivity contribution >= 4 is 11.8 Å². The van der Waals surface area contributed by atoms with E-state index < -0.39 is 11.9 Å².